The number of rotatable bonds is 7. The van der Waals surface area contributed by atoms with Gasteiger partial charge in [-0.2, -0.15) is 25.3 Å². The summed E-state index contributed by atoms with van der Waals surface area (Å²) in [5.41, 5.74) is 1.17. The zero-order valence-electron chi connectivity index (χ0n) is 20.7. The van der Waals surface area contributed by atoms with Crippen LogP contribution in [0.4, 0.5) is 0 Å². The van der Waals surface area contributed by atoms with Crippen molar-refractivity contribution in [2.24, 2.45) is 0 Å². The normalized spacial score (nSPS) is 12.9. The molecular weight excluding hydrogens is 621 g/mol. The van der Waals surface area contributed by atoms with Gasteiger partial charge in [0.2, 0.25) is 0 Å². The van der Waals surface area contributed by atoms with Crippen molar-refractivity contribution in [2.75, 3.05) is 0 Å². The van der Waals surface area contributed by atoms with Crippen LogP contribution in [-0.2, 0) is 36.8 Å². The average Bonchev–Trinajstić information content (AvgIpc) is 3.45. The van der Waals surface area contributed by atoms with Crippen LogP contribution in [-0.4, -0.2) is 48.9 Å². The van der Waals surface area contributed by atoms with Crippen LogP contribution in [0.5, 0.6) is 0 Å². The fraction of sp³-hybridized carbons (Fsp3) is 0.167. The molecule has 0 bridgehead atoms. The molecule has 0 aliphatic carbocycles. The SMILES string of the molecule is CCCc1ccc(-c2nc3c(S(=O)(=O)O)c4sc(-c5ccc(C)cc5)nc4c(S(=O)(=O)O)c3s2)cc1S(=O)(=O)O. The highest BCUT2D eigenvalue weighted by molar-refractivity contribution is 7.87. The largest absolute Gasteiger partial charge is 0.298 e. The van der Waals surface area contributed by atoms with Crippen LogP contribution in [0, 0.1) is 6.92 Å². The molecule has 5 rings (SSSR count). The Morgan fingerprint density at radius 3 is 1.62 bits per heavy atom. The summed E-state index contributed by atoms with van der Waals surface area (Å²) in [6, 6.07) is 11.1. The predicted molar refractivity (Wildman–Crippen MR) is 152 cm³/mol. The van der Waals surface area contributed by atoms with E-state index in [4.69, 9.17) is 0 Å². The van der Waals surface area contributed by atoms with Crippen molar-refractivity contribution in [3.8, 4) is 21.1 Å². The van der Waals surface area contributed by atoms with E-state index in [1.165, 1.54) is 12.1 Å². The highest BCUT2D eigenvalue weighted by Crippen LogP contribution is 2.46. The summed E-state index contributed by atoms with van der Waals surface area (Å²) in [7, 11) is -14.7. The number of aromatic nitrogens is 2. The molecule has 0 unspecified atom stereocenters. The molecule has 0 saturated carbocycles. The molecule has 0 aliphatic rings. The summed E-state index contributed by atoms with van der Waals surface area (Å²) in [6.45, 7) is 3.69. The fourth-order valence-corrected chi connectivity index (χ4v) is 9.56. The summed E-state index contributed by atoms with van der Waals surface area (Å²) in [4.78, 5) is 6.85. The second-order valence-corrected chi connectivity index (χ2v) is 15.0. The highest BCUT2D eigenvalue weighted by Gasteiger charge is 2.33. The third-order valence-electron chi connectivity index (χ3n) is 6.02. The Kier molecular flexibility index (Phi) is 7.11. The van der Waals surface area contributed by atoms with Gasteiger partial charge in [-0.15, -0.1) is 22.7 Å². The van der Waals surface area contributed by atoms with Gasteiger partial charge < -0.3 is 0 Å². The molecule has 2 heterocycles. The predicted octanol–water partition coefficient (Wildman–Crippen LogP) is 5.24. The van der Waals surface area contributed by atoms with Gasteiger partial charge in [0.25, 0.3) is 30.4 Å². The first-order valence-corrected chi connectivity index (χ1v) is 17.4. The van der Waals surface area contributed by atoms with Crippen LogP contribution >= 0.6 is 22.7 Å². The topological polar surface area (TPSA) is 189 Å². The maximum absolute atomic E-state index is 12.6. The Morgan fingerprint density at radius 1 is 0.700 bits per heavy atom. The molecule has 0 saturated heterocycles. The summed E-state index contributed by atoms with van der Waals surface area (Å²) in [5.74, 6) is 0. The molecule has 16 heteroatoms. The number of hydrogen-bond acceptors (Lipinski definition) is 10. The summed E-state index contributed by atoms with van der Waals surface area (Å²) < 4.78 is 104. The second kappa shape index (κ2) is 9.92. The molecular formula is C24H20N2O9S5. The average molecular weight is 641 g/mol. The number of hydrogen-bond donors (Lipinski definition) is 3. The molecule has 2 aromatic heterocycles. The number of aryl methyl sites for hydroxylation is 2. The van der Waals surface area contributed by atoms with Gasteiger partial charge >= 0.3 is 0 Å². The van der Waals surface area contributed by atoms with Crippen molar-refractivity contribution in [2.45, 2.75) is 41.4 Å². The molecule has 0 atom stereocenters. The van der Waals surface area contributed by atoms with Crippen LogP contribution in [0.3, 0.4) is 0 Å². The van der Waals surface area contributed by atoms with Crippen LogP contribution < -0.4 is 0 Å². The first-order chi connectivity index (χ1) is 18.6. The Morgan fingerprint density at radius 2 is 1.18 bits per heavy atom. The van der Waals surface area contributed by atoms with Crippen molar-refractivity contribution in [3.63, 3.8) is 0 Å². The minimum Gasteiger partial charge on any atom is -0.282 e. The van der Waals surface area contributed by atoms with E-state index in [0.717, 1.165) is 23.0 Å². The molecule has 0 fully saturated rings. The van der Waals surface area contributed by atoms with Crippen molar-refractivity contribution in [3.05, 3.63) is 53.6 Å². The van der Waals surface area contributed by atoms with Gasteiger partial charge in [-0.3, -0.25) is 13.7 Å². The molecule has 210 valence electrons. The van der Waals surface area contributed by atoms with E-state index in [2.05, 4.69) is 9.97 Å². The Hall–Kier alpha value is -2.83. The molecule has 3 aromatic carbocycles. The third kappa shape index (κ3) is 5.16. The quantitative estimate of drug-likeness (QED) is 0.197. The van der Waals surface area contributed by atoms with Crippen LogP contribution in [0.25, 0.3) is 41.6 Å². The molecule has 11 nitrogen and oxygen atoms in total. The third-order valence-corrected chi connectivity index (χ3v) is 11.3. The molecule has 3 N–H and O–H groups in total. The number of fused-ring (bicyclic) bond motifs is 2. The van der Waals surface area contributed by atoms with Gasteiger partial charge in [-0.1, -0.05) is 55.3 Å². The lowest BCUT2D eigenvalue weighted by Gasteiger charge is -2.07. The lowest BCUT2D eigenvalue weighted by Crippen LogP contribution is -2.05. The van der Waals surface area contributed by atoms with E-state index in [0.29, 0.717) is 35.3 Å². The molecule has 5 aromatic rings. The van der Waals surface area contributed by atoms with Crippen molar-refractivity contribution < 1.29 is 38.9 Å². The maximum atomic E-state index is 12.6. The van der Waals surface area contributed by atoms with E-state index in [9.17, 15) is 38.9 Å². The second-order valence-electron chi connectivity index (χ2n) is 8.92. The number of thiazole rings is 2. The summed E-state index contributed by atoms with van der Waals surface area (Å²) >= 11 is 1.46. The van der Waals surface area contributed by atoms with Crippen LogP contribution in [0.1, 0.15) is 24.5 Å². The first kappa shape index (κ1) is 28.7. The lowest BCUT2D eigenvalue weighted by atomic mass is 10.1. The van der Waals surface area contributed by atoms with Gasteiger partial charge in [-0.05, 0) is 25.0 Å². The number of benzene rings is 3. The monoisotopic (exact) mass is 640 g/mol. The molecule has 0 radical (unpaired) electrons. The lowest BCUT2D eigenvalue weighted by molar-refractivity contribution is 0.480. The van der Waals surface area contributed by atoms with Crippen LogP contribution in [0.2, 0.25) is 0 Å². The maximum Gasteiger partial charge on any atom is 0.298 e. The summed E-state index contributed by atoms with van der Waals surface area (Å²) in [6.07, 6.45) is 0.938. The van der Waals surface area contributed by atoms with E-state index >= 15 is 0 Å². The molecule has 0 amide bonds. The molecule has 40 heavy (non-hydrogen) atoms. The standard InChI is InChI=1S/C24H20N2O9S5/c1-3-4-13-9-10-15(11-16(13)38(27,28)29)24-26-18-20(37-24)21(39(30,31)32)17-19(22(18)40(33,34)35)36-23(25-17)14-7-5-12(2)6-8-14/h5-11H,3-4H2,1-2H3,(H,27,28,29)(H,30,31,32)(H,33,34,35). The molecule has 0 aliphatic heterocycles. The van der Waals surface area contributed by atoms with E-state index in [-0.39, 0.29) is 35.4 Å². The smallest absolute Gasteiger partial charge is 0.282 e. The first-order valence-electron chi connectivity index (χ1n) is 11.5. The van der Waals surface area contributed by atoms with Gasteiger partial charge in [0, 0.05) is 11.1 Å². The van der Waals surface area contributed by atoms with Gasteiger partial charge in [0.05, 0.1) is 14.3 Å². The van der Waals surface area contributed by atoms with Gasteiger partial charge in [0.15, 0.2) is 0 Å². The van der Waals surface area contributed by atoms with Crippen molar-refractivity contribution in [1.29, 1.82) is 0 Å². The van der Waals surface area contributed by atoms with E-state index in [1.807, 2.05) is 13.8 Å². The van der Waals surface area contributed by atoms with Crippen molar-refractivity contribution in [1.82, 2.24) is 9.97 Å². The number of nitrogens with zero attached hydrogens (tertiary/aromatic N) is 2. The Bertz CT molecular complexity index is 2060. The Balaban J connectivity index is 1.88. The zero-order valence-corrected chi connectivity index (χ0v) is 24.8. The van der Waals surface area contributed by atoms with Gasteiger partial charge in [-0.25, -0.2) is 9.97 Å². The van der Waals surface area contributed by atoms with Crippen molar-refractivity contribution >= 4 is 73.5 Å². The Labute approximate surface area is 237 Å². The van der Waals surface area contributed by atoms with E-state index in [1.54, 1.807) is 24.3 Å². The minimum absolute atomic E-state index is 0.0193. The van der Waals surface area contributed by atoms with Crippen LogP contribution in [0.15, 0.2) is 57.2 Å². The molecule has 0 spiro atoms. The minimum atomic E-state index is -5.01. The summed E-state index contributed by atoms with van der Waals surface area (Å²) in [5, 5.41) is 0.223. The zero-order chi connectivity index (χ0) is 29.2. The highest BCUT2D eigenvalue weighted by atomic mass is 32.2. The van der Waals surface area contributed by atoms with E-state index < -0.39 is 45.7 Å². The van der Waals surface area contributed by atoms with Gasteiger partial charge in [0.1, 0.15) is 30.8 Å². The fourth-order valence-electron chi connectivity index (χ4n) is 4.30.